The van der Waals surface area contributed by atoms with Gasteiger partial charge in [0, 0.05) is 18.2 Å². The molecule has 8 nitrogen and oxygen atoms in total. The Morgan fingerprint density at radius 2 is 2.10 bits per heavy atom. The number of cyclic esters (lactones) is 1. The van der Waals surface area contributed by atoms with Crippen LogP contribution in [0, 0.1) is 0 Å². The molecule has 6 rings (SSSR count). The first-order chi connectivity index (χ1) is 14.4. The first-order valence-corrected chi connectivity index (χ1v) is 9.84. The Morgan fingerprint density at radius 3 is 2.90 bits per heavy atom. The summed E-state index contributed by atoms with van der Waals surface area (Å²) < 4.78 is 6.79. The molecule has 0 spiro atoms. The maximum atomic E-state index is 13.3. The predicted molar refractivity (Wildman–Crippen MR) is 111 cm³/mol. The molecule has 8 heteroatoms. The molecule has 2 aromatic heterocycles. The highest BCUT2D eigenvalue weighted by Crippen LogP contribution is 2.45. The molecular formula is C22H18N4O4. The topological polar surface area (TPSA) is 97.0 Å². The van der Waals surface area contributed by atoms with E-state index in [9.17, 15) is 14.7 Å². The number of anilines is 1. The Labute approximate surface area is 171 Å². The van der Waals surface area contributed by atoms with Crippen LogP contribution in [0.3, 0.4) is 0 Å². The molecule has 3 aliphatic rings. The predicted octanol–water partition coefficient (Wildman–Crippen LogP) is 2.19. The van der Waals surface area contributed by atoms with Gasteiger partial charge in [0.2, 0.25) is 0 Å². The standard InChI is InChI=1S/C22H18N4O4/c1-3-22(29)13-7-16-18-11(8-26(16)20(27)12(13)9-30-21(22)28)19-17-14(23-10-25(19)2)5-4-6-15(17)24-18/h4-7,10,29H,3,8-9H2,1-2H3. The van der Waals surface area contributed by atoms with E-state index in [0.29, 0.717) is 29.1 Å². The van der Waals surface area contributed by atoms with Crippen molar-refractivity contribution in [1.29, 1.82) is 0 Å². The summed E-state index contributed by atoms with van der Waals surface area (Å²) in [5.41, 5.74) is 3.38. The molecule has 0 aliphatic carbocycles. The van der Waals surface area contributed by atoms with E-state index in [1.54, 1.807) is 23.9 Å². The number of nitrogens with zero attached hydrogens (tertiary/aromatic N) is 4. The number of pyridine rings is 2. The Morgan fingerprint density at radius 1 is 1.27 bits per heavy atom. The van der Waals surface area contributed by atoms with Crippen LogP contribution in [0.1, 0.15) is 30.0 Å². The average molecular weight is 402 g/mol. The van der Waals surface area contributed by atoms with E-state index < -0.39 is 11.6 Å². The lowest BCUT2D eigenvalue weighted by molar-refractivity contribution is -0.172. The monoisotopic (exact) mass is 402 g/mol. The molecule has 0 saturated heterocycles. The minimum absolute atomic E-state index is 0.119. The summed E-state index contributed by atoms with van der Waals surface area (Å²) in [6.45, 7) is 1.92. The van der Waals surface area contributed by atoms with E-state index >= 15 is 0 Å². The number of hydrogen-bond donors (Lipinski definition) is 1. The number of hydrogen-bond acceptors (Lipinski definition) is 7. The largest absolute Gasteiger partial charge is 0.458 e. The Balaban J connectivity index is 1.69. The van der Waals surface area contributed by atoms with Gasteiger partial charge in [0.1, 0.15) is 6.61 Å². The molecule has 30 heavy (non-hydrogen) atoms. The number of rotatable bonds is 1. The number of ether oxygens (including phenoxy) is 1. The second-order valence-electron chi connectivity index (χ2n) is 7.92. The van der Waals surface area contributed by atoms with Crippen LogP contribution in [-0.2, 0) is 28.3 Å². The first kappa shape index (κ1) is 17.3. The summed E-state index contributed by atoms with van der Waals surface area (Å²) in [7, 11) is 1.92. The van der Waals surface area contributed by atoms with E-state index in [1.165, 1.54) is 0 Å². The summed E-state index contributed by atoms with van der Waals surface area (Å²) in [4.78, 5) is 36.9. The highest BCUT2D eigenvalue weighted by Gasteiger charge is 2.45. The molecule has 0 fully saturated rings. The van der Waals surface area contributed by atoms with Gasteiger partial charge in [-0.05, 0) is 24.6 Å². The molecule has 5 heterocycles. The molecular weight excluding hydrogens is 384 g/mol. The quantitative estimate of drug-likeness (QED) is 0.490. The fourth-order valence-corrected chi connectivity index (χ4v) is 4.79. The van der Waals surface area contributed by atoms with E-state index in [1.807, 2.05) is 30.1 Å². The summed E-state index contributed by atoms with van der Waals surface area (Å²) in [6, 6.07) is 7.51. The fourth-order valence-electron chi connectivity index (χ4n) is 4.79. The first-order valence-electron chi connectivity index (χ1n) is 9.84. The van der Waals surface area contributed by atoms with Gasteiger partial charge in [0.15, 0.2) is 5.60 Å². The SMILES string of the molecule is CCC1(O)C(=O)OCc2c1cc1n(c2=O)Cc2c-1nc1cccc3c1c2N(C)C=N3. The van der Waals surface area contributed by atoms with E-state index in [4.69, 9.17) is 9.72 Å². The van der Waals surface area contributed by atoms with Crippen LogP contribution < -0.4 is 10.5 Å². The van der Waals surface area contributed by atoms with Gasteiger partial charge in [0.25, 0.3) is 5.56 Å². The van der Waals surface area contributed by atoms with Gasteiger partial charge in [-0.3, -0.25) is 4.79 Å². The molecule has 3 aliphatic heterocycles. The normalized spacial score (nSPS) is 20.8. The van der Waals surface area contributed by atoms with Crippen molar-refractivity contribution in [2.24, 2.45) is 4.99 Å². The molecule has 0 saturated carbocycles. The van der Waals surface area contributed by atoms with Crippen LogP contribution in [0.15, 0.2) is 34.1 Å². The van der Waals surface area contributed by atoms with Crippen molar-refractivity contribution in [3.8, 4) is 11.4 Å². The van der Waals surface area contributed by atoms with Crippen LogP contribution >= 0.6 is 0 Å². The van der Waals surface area contributed by atoms with Gasteiger partial charge in [-0.2, -0.15) is 0 Å². The maximum absolute atomic E-state index is 13.3. The lowest BCUT2D eigenvalue weighted by Gasteiger charge is -2.31. The van der Waals surface area contributed by atoms with Crippen LogP contribution in [0.2, 0.25) is 0 Å². The van der Waals surface area contributed by atoms with Gasteiger partial charge in [-0.15, -0.1) is 0 Å². The second kappa shape index (κ2) is 5.54. The minimum Gasteiger partial charge on any atom is -0.458 e. The molecule has 0 bridgehead atoms. The lowest BCUT2D eigenvalue weighted by Crippen LogP contribution is -2.44. The van der Waals surface area contributed by atoms with Crippen molar-refractivity contribution in [3.63, 3.8) is 0 Å². The molecule has 150 valence electrons. The van der Waals surface area contributed by atoms with Gasteiger partial charge < -0.3 is 19.3 Å². The number of aromatic nitrogens is 2. The number of carbonyl (C=O) groups is 1. The second-order valence-corrected chi connectivity index (χ2v) is 7.92. The Bertz CT molecular complexity index is 1390. The number of aliphatic imine (C=N–C) groups is 1. The van der Waals surface area contributed by atoms with Crippen molar-refractivity contribution >= 4 is 34.6 Å². The van der Waals surface area contributed by atoms with Crippen molar-refractivity contribution < 1.29 is 14.6 Å². The molecule has 1 N–H and O–H groups in total. The third kappa shape index (κ3) is 1.94. The summed E-state index contributed by atoms with van der Waals surface area (Å²) in [5.74, 6) is -0.720. The fraction of sp³-hybridized carbons (Fsp3) is 0.273. The van der Waals surface area contributed by atoms with Gasteiger partial charge in [0.05, 0.1) is 52.1 Å². The highest BCUT2D eigenvalue weighted by atomic mass is 16.6. The molecule has 0 radical (unpaired) electrons. The van der Waals surface area contributed by atoms with Gasteiger partial charge >= 0.3 is 5.97 Å². The van der Waals surface area contributed by atoms with Crippen molar-refractivity contribution in [2.45, 2.75) is 32.1 Å². The zero-order chi connectivity index (χ0) is 20.8. The van der Waals surface area contributed by atoms with Gasteiger partial charge in [-0.25, -0.2) is 14.8 Å². The average Bonchev–Trinajstić information content (AvgIpc) is 3.12. The zero-order valence-corrected chi connectivity index (χ0v) is 16.5. The number of esters is 1. The van der Waals surface area contributed by atoms with E-state index in [2.05, 4.69) is 4.99 Å². The smallest absolute Gasteiger partial charge is 0.343 e. The summed E-state index contributed by atoms with van der Waals surface area (Å²) in [6.07, 6.45) is 1.88. The molecule has 3 aromatic rings. The van der Waals surface area contributed by atoms with E-state index in [-0.39, 0.29) is 18.6 Å². The third-order valence-electron chi connectivity index (χ3n) is 6.39. The van der Waals surface area contributed by atoms with Crippen molar-refractivity contribution in [2.75, 3.05) is 11.9 Å². The van der Waals surface area contributed by atoms with Crippen LogP contribution in [-0.4, -0.2) is 34.0 Å². The lowest BCUT2D eigenvalue weighted by atomic mass is 9.86. The number of fused-ring (bicyclic) bond motifs is 5. The third-order valence-corrected chi connectivity index (χ3v) is 6.39. The van der Waals surface area contributed by atoms with Crippen molar-refractivity contribution in [3.05, 3.63) is 51.3 Å². The van der Waals surface area contributed by atoms with Crippen LogP contribution in [0.4, 0.5) is 11.4 Å². The van der Waals surface area contributed by atoms with Crippen LogP contribution in [0.5, 0.6) is 0 Å². The number of aliphatic hydroxyl groups is 1. The zero-order valence-electron chi connectivity index (χ0n) is 16.5. The van der Waals surface area contributed by atoms with Crippen molar-refractivity contribution in [1.82, 2.24) is 9.55 Å². The summed E-state index contributed by atoms with van der Waals surface area (Å²) >= 11 is 0. The summed E-state index contributed by atoms with van der Waals surface area (Å²) in [5, 5.41) is 11.9. The van der Waals surface area contributed by atoms with Gasteiger partial charge in [-0.1, -0.05) is 13.0 Å². The number of carbonyl (C=O) groups excluding carboxylic acids is 1. The van der Waals surface area contributed by atoms with Crippen LogP contribution in [0.25, 0.3) is 22.3 Å². The number of benzene rings is 1. The minimum atomic E-state index is -1.83. The Hall–Kier alpha value is -3.52. The molecule has 1 aromatic carbocycles. The molecule has 0 amide bonds. The highest BCUT2D eigenvalue weighted by molar-refractivity contribution is 6.10. The Kier molecular flexibility index (Phi) is 3.21. The van der Waals surface area contributed by atoms with E-state index in [0.717, 1.165) is 27.8 Å². The maximum Gasteiger partial charge on any atom is 0.343 e. The molecule has 1 atom stereocenters. The molecule has 1 unspecified atom stereocenters.